The molecule has 21 heavy (non-hydrogen) atoms. The molecule has 4 N–H and O–H groups in total. The van der Waals surface area contributed by atoms with E-state index in [2.05, 4.69) is 21.2 Å². The van der Waals surface area contributed by atoms with E-state index in [1.807, 2.05) is 0 Å². The molecule has 0 bridgehead atoms. The van der Waals surface area contributed by atoms with Gasteiger partial charge in [0, 0.05) is 15.7 Å². The first kappa shape index (κ1) is 15.1. The fraction of sp³-hybridized carbons (Fsp3) is 0.0667. The van der Waals surface area contributed by atoms with Gasteiger partial charge in [-0.2, -0.15) is 0 Å². The third kappa shape index (κ3) is 3.41. The molecule has 0 spiro atoms. The Hall–Kier alpha value is -2.34. The van der Waals surface area contributed by atoms with Crippen LogP contribution in [0.5, 0.6) is 0 Å². The number of hydrogen-bond acceptors (Lipinski definition) is 3. The highest BCUT2D eigenvalue weighted by molar-refractivity contribution is 9.10. The molecule has 108 valence electrons. The molecule has 0 unspecified atom stereocenters. The maximum absolute atomic E-state index is 12.2. The standard InChI is InChI=1S/C15H13BrN2O3/c1-8-3-2-4-12(13(8)15(20)21)18-14(19)9-5-10(16)7-11(17)6-9/h2-7H,17H2,1H3,(H,18,19)(H,20,21). The van der Waals surface area contributed by atoms with Crippen LogP contribution in [0.3, 0.4) is 0 Å². The van der Waals surface area contributed by atoms with Crippen LogP contribution in [0.4, 0.5) is 11.4 Å². The normalized spacial score (nSPS) is 10.2. The lowest BCUT2D eigenvalue weighted by atomic mass is 10.1. The van der Waals surface area contributed by atoms with Crippen molar-refractivity contribution in [2.75, 3.05) is 11.1 Å². The van der Waals surface area contributed by atoms with Gasteiger partial charge in [0.05, 0.1) is 11.3 Å². The van der Waals surface area contributed by atoms with Crippen molar-refractivity contribution in [3.05, 3.63) is 57.6 Å². The van der Waals surface area contributed by atoms with Crippen LogP contribution in [-0.2, 0) is 0 Å². The van der Waals surface area contributed by atoms with Crippen LogP contribution in [0.15, 0.2) is 40.9 Å². The summed E-state index contributed by atoms with van der Waals surface area (Å²) in [4.78, 5) is 23.5. The van der Waals surface area contributed by atoms with Crippen LogP contribution >= 0.6 is 15.9 Å². The molecule has 0 aliphatic carbocycles. The van der Waals surface area contributed by atoms with Crippen LogP contribution in [0, 0.1) is 6.92 Å². The average molecular weight is 349 g/mol. The van der Waals surface area contributed by atoms with Crippen molar-refractivity contribution in [3.8, 4) is 0 Å². The molecule has 0 aliphatic rings. The summed E-state index contributed by atoms with van der Waals surface area (Å²) >= 11 is 3.26. The Morgan fingerprint density at radius 3 is 2.57 bits per heavy atom. The lowest BCUT2D eigenvalue weighted by molar-refractivity contribution is 0.0697. The van der Waals surface area contributed by atoms with E-state index < -0.39 is 11.9 Å². The van der Waals surface area contributed by atoms with Gasteiger partial charge in [-0.25, -0.2) is 4.79 Å². The zero-order valence-corrected chi connectivity index (χ0v) is 12.8. The monoisotopic (exact) mass is 348 g/mol. The Kier molecular flexibility index (Phi) is 4.28. The number of aromatic carboxylic acids is 1. The number of nitrogens with one attached hydrogen (secondary N) is 1. The third-order valence-electron chi connectivity index (χ3n) is 2.92. The second-order valence-corrected chi connectivity index (χ2v) is 5.45. The summed E-state index contributed by atoms with van der Waals surface area (Å²) < 4.78 is 0.676. The van der Waals surface area contributed by atoms with E-state index >= 15 is 0 Å². The summed E-state index contributed by atoms with van der Waals surface area (Å²) in [5.74, 6) is -1.51. The molecular weight excluding hydrogens is 336 g/mol. The van der Waals surface area contributed by atoms with Gasteiger partial charge in [-0.1, -0.05) is 28.1 Å². The second kappa shape index (κ2) is 5.97. The number of nitrogens with two attached hydrogens (primary N) is 1. The van der Waals surface area contributed by atoms with E-state index in [1.54, 1.807) is 37.3 Å². The summed E-state index contributed by atoms with van der Waals surface area (Å²) in [5, 5.41) is 11.8. The molecule has 2 rings (SSSR count). The Morgan fingerprint density at radius 1 is 1.24 bits per heavy atom. The van der Waals surface area contributed by atoms with E-state index in [-0.39, 0.29) is 11.3 Å². The van der Waals surface area contributed by atoms with Gasteiger partial charge in [0.1, 0.15) is 0 Å². The zero-order chi connectivity index (χ0) is 15.6. The number of hydrogen-bond donors (Lipinski definition) is 3. The van der Waals surface area contributed by atoms with Crippen LogP contribution in [0.2, 0.25) is 0 Å². The highest BCUT2D eigenvalue weighted by Crippen LogP contribution is 2.22. The van der Waals surface area contributed by atoms with Crippen LogP contribution in [0.25, 0.3) is 0 Å². The molecule has 5 nitrogen and oxygen atoms in total. The van der Waals surface area contributed by atoms with Gasteiger partial charge < -0.3 is 16.2 Å². The molecule has 0 aromatic heterocycles. The Morgan fingerprint density at radius 2 is 1.95 bits per heavy atom. The number of carbonyl (C=O) groups excluding carboxylic acids is 1. The fourth-order valence-electron chi connectivity index (χ4n) is 1.99. The molecule has 0 fully saturated rings. The summed E-state index contributed by atoms with van der Waals surface area (Å²) in [6.07, 6.45) is 0. The summed E-state index contributed by atoms with van der Waals surface area (Å²) in [6, 6.07) is 9.73. The molecule has 0 heterocycles. The summed E-state index contributed by atoms with van der Waals surface area (Å²) in [7, 11) is 0. The molecule has 0 aliphatic heterocycles. The highest BCUT2D eigenvalue weighted by atomic mass is 79.9. The summed E-state index contributed by atoms with van der Waals surface area (Å²) in [6.45, 7) is 1.68. The second-order valence-electron chi connectivity index (χ2n) is 4.53. The average Bonchev–Trinajstić information content (AvgIpc) is 2.37. The van der Waals surface area contributed by atoms with Crippen LogP contribution in [0.1, 0.15) is 26.3 Å². The zero-order valence-electron chi connectivity index (χ0n) is 11.2. The maximum atomic E-state index is 12.2. The van der Waals surface area contributed by atoms with E-state index in [4.69, 9.17) is 5.73 Å². The SMILES string of the molecule is Cc1cccc(NC(=O)c2cc(N)cc(Br)c2)c1C(=O)O. The van der Waals surface area contributed by atoms with Gasteiger partial charge in [-0.05, 0) is 36.8 Å². The number of amides is 1. The third-order valence-corrected chi connectivity index (χ3v) is 3.37. The number of aryl methyl sites for hydroxylation is 1. The molecule has 0 radical (unpaired) electrons. The number of carboxylic acids is 1. The quantitative estimate of drug-likeness (QED) is 0.742. The Balaban J connectivity index is 2.36. The van der Waals surface area contributed by atoms with E-state index in [0.717, 1.165) is 0 Å². The highest BCUT2D eigenvalue weighted by Gasteiger charge is 2.16. The van der Waals surface area contributed by atoms with Crippen molar-refractivity contribution >= 4 is 39.2 Å². The molecule has 6 heteroatoms. The predicted octanol–water partition coefficient (Wildman–Crippen LogP) is 3.29. The van der Waals surface area contributed by atoms with Crippen molar-refractivity contribution in [3.63, 3.8) is 0 Å². The van der Waals surface area contributed by atoms with E-state index in [0.29, 0.717) is 21.3 Å². The van der Waals surface area contributed by atoms with Crippen molar-refractivity contribution in [2.45, 2.75) is 6.92 Å². The molecule has 0 saturated heterocycles. The predicted molar refractivity (Wildman–Crippen MR) is 84.6 cm³/mol. The Bertz CT molecular complexity index is 709. The minimum Gasteiger partial charge on any atom is -0.478 e. The topological polar surface area (TPSA) is 92.4 Å². The molecule has 0 saturated carbocycles. The van der Waals surface area contributed by atoms with Gasteiger partial charge in [0.15, 0.2) is 0 Å². The molecule has 0 atom stereocenters. The van der Waals surface area contributed by atoms with Crippen molar-refractivity contribution in [2.24, 2.45) is 0 Å². The number of rotatable bonds is 3. The number of carbonyl (C=O) groups is 2. The van der Waals surface area contributed by atoms with E-state index in [9.17, 15) is 14.7 Å². The fourth-order valence-corrected chi connectivity index (χ4v) is 2.50. The molecular formula is C15H13BrN2O3. The first-order valence-corrected chi connectivity index (χ1v) is 6.88. The Labute approximate surface area is 129 Å². The van der Waals surface area contributed by atoms with E-state index in [1.165, 1.54) is 6.07 Å². The van der Waals surface area contributed by atoms with Crippen molar-refractivity contribution in [1.29, 1.82) is 0 Å². The van der Waals surface area contributed by atoms with Gasteiger partial charge in [0.2, 0.25) is 0 Å². The van der Waals surface area contributed by atoms with Gasteiger partial charge in [-0.3, -0.25) is 4.79 Å². The number of carboxylic acid groups (broad SMARTS) is 1. The van der Waals surface area contributed by atoms with Crippen molar-refractivity contribution < 1.29 is 14.7 Å². The molecule has 2 aromatic rings. The van der Waals surface area contributed by atoms with Crippen LogP contribution < -0.4 is 11.1 Å². The largest absolute Gasteiger partial charge is 0.478 e. The molecule has 2 aromatic carbocycles. The van der Waals surface area contributed by atoms with Gasteiger partial charge >= 0.3 is 5.97 Å². The maximum Gasteiger partial charge on any atom is 0.338 e. The number of halogens is 1. The summed E-state index contributed by atoms with van der Waals surface area (Å²) in [5.41, 5.74) is 7.39. The lowest BCUT2D eigenvalue weighted by Gasteiger charge is -2.11. The minimum absolute atomic E-state index is 0.0776. The number of nitrogen functional groups attached to an aromatic ring is 1. The smallest absolute Gasteiger partial charge is 0.338 e. The van der Waals surface area contributed by atoms with Crippen LogP contribution in [-0.4, -0.2) is 17.0 Å². The number of anilines is 2. The van der Waals surface area contributed by atoms with Gasteiger partial charge in [-0.15, -0.1) is 0 Å². The first-order chi connectivity index (χ1) is 9.88. The molecule has 1 amide bonds. The number of benzene rings is 2. The minimum atomic E-state index is -1.09. The van der Waals surface area contributed by atoms with Gasteiger partial charge in [0.25, 0.3) is 5.91 Å². The lowest BCUT2D eigenvalue weighted by Crippen LogP contribution is -2.15. The van der Waals surface area contributed by atoms with Crippen molar-refractivity contribution in [1.82, 2.24) is 0 Å². The first-order valence-electron chi connectivity index (χ1n) is 6.09.